The highest BCUT2D eigenvalue weighted by molar-refractivity contribution is 7.99. The monoisotopic (exact) mass is 555 g/mol. The van der Waals surface area contributed by atoms with Crippen LogP contribution in [0, 0.1) is 0 Å². The molecule has 5 N–H and O–H groups in total. The Morgan fingerprint density at radius 3 is 2.38 bits per heavy atom. The summed E-state index contributed by atoms with van der Waals surface area (Å²) in [6, 6.07) is 22.6. The Morgan fingerprint density at radius 2 is 1.68 bits per heavy atom. The van der Waals surface area contributed by atoms with Crippen molar-refractivity contribution in [2.24, 2.45) is 0 Å². The van der Waals surface area contributed by atoms with Crippen molar-refractivity contribution in [2.45, 2.75) is 24.8 Å². The third kappa shape index (κ3) is 7.97. The molecule has 2 aliphatic rings. The predicted octanol–water partition coefficient (Wildman–Crippen LogP) is 5.12. The first-order valence-corrected chi connectivity index (χ1v) is 15.1. The highest BCUT2D eigenvalue weighted by Crippen LogP contribution is 2.40. The van der Waals surface area contributed by atoms with Crippen LogP contribution in [0.4, 0.5) is 17.1 Å². The molecular weight excluding hydrogens is 518 g/mol. The minimum atomic E-state index is -0.496. The van der Waals surface area contributed by atoms with Crippen molar-refractivity contribution < 1.29 is 9.59 Å². The Hall–Kier alpha value is -3.59. The zero-order valence-corrected chi connectivity index (χ0v) is 23.5. The zero-order valence-electron chi connectivity index (χ0n) is 22.6. The van der Waals surface area contributed by atoms with Gasteiger partial charge in [-0.1, -0.05) is 48.5 Å². The van der Waals surface area contributed by atoms with Crippen LogP contribution in [0.3, 0.4) is 0 Å². The average Bonchev–Trinajstić information content (AvgIpc) is 3.83. The summed E-state index contributed by atoms with van der Waals surface area (Å²) in [4.78, 5) is 28.3. The lowest BCUT2D eigenvalue weighted by Gasteiger charge is -2.27. The summed E-state index contributed by atoms with van der Waals surface area (Å²) < 4.78 is 0. The fourth-order valence-corrected chi connectivity index (χ4v) is 5.76. The molecule has 8 heteroatoms. The summed E-state index contributed by atoms with van der Waals surface area (Å²) >= 11 is 1.99. The van der Waals surface area contributed by atoms with Crippen molar-refractivity contribution >= 4 is 46.7 Å². The van der Waals surface area contributed by atoms with Crippen LogP contribution in [0.1, 0.15) is 41.5 Å². The van der Waals surface area contributed by atoms with Gasteiger partial charge >= 0.3 is 0 Å². The normalized spacial score (nSPS) is 16.5. The Bertz CT molecular complexity index is 1320. The van der Waals surface area contributed by atoms with Crippen molar-refractivity contribution in [3.63, 3.8) is 0 Å². The van der Waals surface area contributed by atoms with Gasteiger partial charge in [0.1, 0.15) is 6.04 Å². The van der Waals surface area contributed by atoms with E-state index >= 15 is 0 Å². The molecule has 3 aromatic carbocycles. The number of thioether (sulfide) groups is 1. The largest absolute Gasteiger partial charge is 0.397 e. The summed E-state index contributed by atoms with van der Waals surface area (Å²) in [5, 5.41) is 9.39. The Morgan fingerprint density at radius 1 is 0.950 bits per heavy atom. The van der Waals surface area contributed by atoms with Crippen LogP contribution < -0.4 is 21.7 Å². The van der Waals surface area contributed by atoms with E-state index in [-0.39, 0.29) is 11.8 Å². The van der Waals surface area contributed by atoms with Gasteiger partial charge in [0.15, 0.2) is 0 Å². The first-order valence-electron chi connectivity index (χ1n) is 13.9. The fourth-order valence-electron chi connectivity index (χ4n) is 4.78. The molecule has 1 unspecified atom stereocenters. The molecule has 40 heavy (non-hydrogen) atoms. The number of para-hydroxylation sites is 2. The Kier molecular flexibility index (Phi) is 9.54. The van der Waals surface area contributed by atoms with Crippen LogP contribution in [0.15, 0.2) is 78.9 Å². The van der Waals surface area contributed by atoms with Crippen LogP contribution >= 0.6 is 11.8 Å². The van der Waals surface area contributed by atoms with E-state index in [0.29, 0.717) is 23.8 Å². The van der Waals surface area contributed by atoms with Gasteiger partial charge in [0.05, 0.1) is 11.4 Å². The van der Waals surface area contributed by atoms with Gasteiger partial charge in [0, 0.05) is 49.4 Å². The van der Waals surface area contributed by atoms with Gasteiger partial charge in [-0.25, -0.2) is 0 Å². The fraction of sp³-hybridized carbons (Fsp3) is 0.312. The van der Waals surface area contributed by atoms with Crippen molar-refractivity contribution in [3.05, 3.63) is 95.6 Å². The molecular formula is C32H37N5O2S. The molecule has 0 bridgehead atoms. The average molecular weight is 556 g/mol. The quantitative estimate of drug-likeness (QED) is 0.194. The molecule has 0 radical (unpaired) electrons. The topological polar surface area (TPSA) is 99.5 Å². The number of hydrogen-bond donors (Lipinski definition) is 4. The van der Waals surface area contributed by atoms with Crippen LogP contribution in [0.5, 0.6) is 0 Å². The predicted molar refractivity (Wildman–Crippen MR) is 167 cm³/mol. The Labute approximate surface area is 240 Å². The van der Waals surface area contributed by atoms with Gasteiger partial charge in [-0.05, 0) is 65.8 Å². The maximum Gasteiger partial charge on any atom is 0.248 e. The number of hydrogen-bond acceptors (Lipinski definition) is 6. The van der Waals surface area contributed by atoms with Crippen molar-refractivity contribution in [1.82, 2.24) is 10.2 Å². The van der Waals surface area contributed by atoms with Crippen LogP contribution in [-0.4, -0.2) is 54.4 Å². The maximum atomic E-state index is 13.5. The second kappa shape index (κ2) is 13.7. The second-order valence-electron chi connectivity index (χ2n) is 10.3. The van der Waals surface area contributed by atoms with Crippen LogP contribution in [0.25, 0.3) is 6.08 Å². The molecule has 1 saturated carbocycles. The van der Waals surface area contributed by atoms with E-state index in [1.54, 1.807) is 18.2 Å². The van der Waals surface area contributed by atoms with E-state index in [1.807, 2.05) is 60.3 Å². The summed E-state index contributed by atoms with van der Waals surface area (Å²) in [5.41, 5.74) is 10.9. The number of rotatable bonds is 11. The van der Waals surface area contributed by atoms with E-state index < -0.39 is 6.04 Å². The molecule has 0 spiro atoms. The molecule has 7 nitrogen and oxygen atoms in total. The van der Waals surface area contributed by atoms with Gasteiger partial charge in [-0.15, -0.1) is 0 Å². The first-order chi connectivity index (χ1) is 19.5. The Balaban J connectivity index is 1.23. The van der Waals surface area contributed by atoms with E-state index in [4.69, 9.17) is 5.73 Å². The molecule has 1 heterocycles. The molecule has 3 aromatic rings. The zero-order chi connectivity index (χ0) is 27.7. The molecule has 1 saturated heterocycles. The van der Waals surface area contributed by atoms with E-state index in [2.05, 4.69) is 33.0 Å². The molecule has 208 valence electrons. The molecule has 1 aliphatic heterocycles. The van der Waals surface area contributed by atoms with E-state index in [0.717, 1.165) is 48.0 Å². The van der Waals surface area contributed by atoms with E-state index in [1.165, 1.54) is 24.5 Å². The van der Waals surface area contributed by atoms with Gasteiger partial charge in [-0.2, -0.15) is 11.8 Å². The number of benzene rings is 3. The molecule has 2 fully saturated rings. The molecule has 5 rings (SSSR count). The molecule has 0 aromatic heterocycles. The molecule has 2 amide bonds. The standard InChI is InChI=1S/C32H37N5O2S/c33-28-3-1-2-4-29(28)36-30(38)16-7-23-5-8-26(9-6-23)31(34-17-18-37-19-21-40-22-20-37)32(39)35-27-14-12-25(13-15-27)24-10-11-24/h1-9,12-16,24,31,34H,10-11,17-22,33H2,(H,35,39)(H,36,38)/b16-7+. The lowest BCUT2D eigenvalue weighted by Crippen LogP contribution is -2.41. The second-order valence-corrected chi connectivity index (χ2v) is 11.5. The number of nitrogens with two attached hydrogens (primary N) is 1. The van der Waals surface area contributed by atoms with E-state index in [9.17, 15) is 9.59 Å². The summed E-state index contributed by atoms with van der Waals surface area (Å²) in [6.45, 7) is 3.79. The summed E-state index contributed by atoms with van der Waals surface area (Å²) in [7, 11) is 0. The van der Waals surface area contributed by atoms with Crippen molar-refractivity contribution in [1.29, 1.82) is 0 Å². The first kappa shape index (κ1) is 28.0. The lowest BCUT2D eigenvalue weighted by molar-refractivity contribution is -0.118. The smallest absolute Gasteiger partial charge is 0.248 e. The summed E-state index contributed by atoms with van der Waals surface area (Å²) in [5.74, 6) is 2.66. The van der Waals surface area contributed by atoms with Gasteiger partial charge in [0.2, 0.25) is 11.8 Å². The highest BCUT2D eigenvalue weighted by atomic mass is 32.2. The lowest BCUT2D eigenvalue weighted by atomic mass is 10.0. The number of nitrogen functional groups attached to an aromatic ring is 1. The highest BCUT2D eigenvalue weighted by Gasteiger charge is 2.24. The molecule has 1 aliphatic carbocycles. The number of amides is 2. The maximum absolute atomic E-state index is 13.5. The number of anilines is 3. The van der Waals surface area contributed by atoms with Crippen LogP contribution in [0.2, 0.25) is 0 Å². The van der Waals surface area contributed by atoms with Gasteiger partial charge in [0.25, 0.3) is 0 Å². The minimum Gasteiger partial charge on any atom is -0.397 e. The van der Waals surface area contributed by atoms with Crippen LogP contribution in [-0.2, 0) is 9.59 Å². The number of nitrogens with zero attached hydrogens (tertiary/aromatic N) is 1. The third-order valence-corrected chi connectivity index (χ3v) is 8.23. The number of nitrogens with one attached hydrogen (secondary N) is 3. The van der Waals surface area contributed by atoms with Gasteiger partial charge < -0.3 is 26.6 Å². The van der Waals surface area contributed by atoms with Crippen molar-refractivity contribution in [2.75, 3.05) is 54.1 Å². The summed E-state index contributed by atoms with van der Waals surface area (Å²) in [6.07, 6.45) is 5.73. The molecule has 1 atom stereocenters. The van der Waals surface area contributed by atoms with Gasteiger partial charge in [-0.3, -0.25) is 9.59 Å². The minimum absolute atomic E-state index is 0.0866. The number of carbonyl (C=O) groups is 2. The number of carbonyl (C=O) groups excluding carboxylic acids is 2. The van der Waals surface area contributed by atoms with Crippen molar-refractivity contribution in [3.8, 4) is 0 Å². The third-order valence-electron chi connectivity index (χ3n) is 7.28. The SMILES string of the molecule is Nc1ccccc1NC(=O)/C=C/c1ccc(C(NCCN2CCSCC2)C(=O)Nc2ccc(C3CC3)cc2)cc1.